The smallest absolute Gasteiger partial charge is 0.263 e. The first-order chi connectivity index (χ1) is 10.8. The SMILES string of the molecule is O=C1Cc2cc(S(=O)(=O)Nc3ccc(F)cc3Br)c(Cl)cc2N1. The molecule has 2 aromatic carbocycles. The molecule has 1 amide bonds. The van der Waals surface area contributed by atoms with Crippen molar-refractivity contribution < 1.29 is 17.6 Å². The van der Waals surface area contributed by atoms with E-state index in [1.165, 1.54) is 18.2 Å². The van der Waals surface area contributed by atoms with Crippen LogP contribution in [0.15, 0.2) is 39.7 Å². The zero-order valence-electron chi connectivity index (χ0n) is 11.4. The van der Waals surface area contributed by atoms with Crippen molar-refractivity contribution >= 4 is 54.8 Å². The van der Waals surface area contributed by atoms with Gasteiger partial charge in [0.2, 0.25) is 5.91 Å². The molecule has 120 valence electrons. The van der Waals surface area contributed by atoms with Gasteiger partial charge in [-0.25, -0.2) is 12.8 Å². The molecule has 2 N–H and O–H groups in total. The number of anilines is 2. The number of nitrogens with one attached hydrogen (secondary N) is 2. The quantitative estimate of drug-likeness (QED) is 0.799. The number of amides is 1. The first-order valence-corrected chi connectivity index (χ1v) is 9.02. The van der Waals surface area contributed by atoms with E-state index in [-0.39, 0.29) is 32.4 Å². The summed E-state index contributed by atoms with van der Waals surface area (Å²) in [4.78, 5) is 11.2. The van der Waals surface area contributed by atoms with Gasteiger partial charge in [0.05, 0.1) is 17.1 Å². The minimum absolute atomic E-state index is 0.0170. The second-order valence-corrected chi connectivity index (χ2v) is 7.81. The molecular formula is C14H9BrClFN2O3S. The fraction of sp³-hybridized carbons (Fsp3) is 0.0714. The van der Waals surface area contributed by atoms with E-state index >= 15 is 0 Å². The number of sulfonamides is 1. The standard InChI is InChI=1S/C14H9BrClFN2O3S/c15-9-5-8(17)1-2-11(9)19-23(21,22)13-3-7-4-14(20)18-12(7)6-10(13)16/h1-3,5-6,19H,4H2,(H,18,20). The average molecular weight is 420 g/mol. The molecule has 1 aliphatic heterocycles. The largest absolute Gasteiger partial charge is 0.325 e. The summed E-state index contributed by atoms with van der Waals surface area (Å²) < 4.78 is 40.7. The zero-order valence-corrected chi connectivity index (χ0v) is 14.5. The highest BCUT2D eigenvalue weighted by atomic mass is 79.9. The van der Waals surface area contributed by atoms with Gasteiger partial charge in [0.25, 0.3) is 10.0 Å². The lowest BCUT2D eigenvalue weighted by Crippen LogP contribution is -2.14. The fourth-order valence-electron chi connectivity index (χ4n) is 2.20. The maximum absolute atomic E-state index is 13.1. The van der Waals surface area contributed by atoms with Crippen LogP contribution >= 0.6 is 27.5 Å². The molecule has 2 aromatic rings. The highest BCUT2D eigenvalue weighted by Crippen LogP contribution is 2.34. The topological polar surface area (TPSA) is 75.3 Å². The van der Waals surface area contributed by atoms with Crippen LogP contribution in [-0.2, 0) is 21.2 Å². The summed E-state index contributed by atoms with van der Waals surface area (Å²) in [6.45, 7) is 0. The van der Waals surface area contributed by atoms with E-state index < -0.39 is 15.8 Å². The molecule has 5 nitrogen and oxygen atoms in total. The van der Waals surface area contributed by atoms with E-state index in [0.717, 1.165) is 12.1 Å². The van der Waals surface area contributed by atoms with Crippen LogP contribution in [-0.4, -0.2) is 14.3 Å². The third kappa shape index (κ3) is 3.19. The molecule has 23 heavy (non-hydrogen) atoms. The van der Waals surface area contributed by atoms with Crippen molar-refractivity contribution in [1.29, 1.82) is 0 Å². The van der Waals surface area contributed by atoms with Crippen LogP contribution in [0.3, 0.4) is 0 Å². The Morgan fingerprint density at radius 3 is 2.70 bits per heavy atom. The molecular weight excluding hydrogens is 411 g/mol. The molecule has 0 unspecified atom stereocenters. The van der Waals surface area contributed by atoms with Crippen molar-refractivity contribution in [3.05, 3.63) is 51.2 Å². The van der Waals surface area contributed by atoms with Gasteiger partial charge in [-0.3, -0.25) is 9.52 Å². The van der Waals surface area contributed by atoms with Crippen molar-refractivity contribution in [2.75, 3.05) is 10.0 Å². The lowest BCUT2D eigenvalue weighted by molar-refractivity contribution is -0.115. The van der Waals surface area contributed by atoms with E-state index in [1.54, 1.807) is 0 Å². The van der Waals surface area contributed by atoms with E-state index in [9.17, 15) is 17.6 Å². The third-order valence-electron chi connectivity index (χ3n) is 3.25. The zero-order chi connectivity index (χ0) is 16.8. The lowest BCUT2D eigenvalue weighted by Gasteiger charge is -2.12. The van der Waals surface area contributed by atoms with Gasteiger partial charge in [-0.2, -0.15) is 0 Å². The average Bonchev–Trinajstić information content (AvgIpc) is 2.80. The first kappa shape index (κ1) is 16.2. The third-order valence-corrected chi connectivity index (χ3v) is 5.73. The molecule has 0 aliphatic carbocycles. The van der Waals surface area contributed by atoms with Gasteiger partial charge in [-0.15, -0.1) is 0 Å². The summed E-state index contributed by atoms with van der Waals surface area (Å²) in [7, 11) is -3.99. The van der Waals surface area contributed by atoms with Crippen LogP contribution in [0.5, 0.6) is 0 Å². The van der Waals surface area contributed by atoms with E-state index in [0.29, 0.717) is 11.3 Å². The van der Waals surface area contributed by atoms with Crippen LogP contribution < -0.4 is 10.0 Å². The van der Waals surface area contributed by atoms with Crippen LogP contribution in [0.1, 0.15) is 5.56 Å². The highest BCUT2D eigenvalue weighted by Gasteiger charge is 2.25. The Morgan fingerprint density at radius 2 is 2.00 bits per heavy atom. The second kappa shape index (κ2) is 5.77. The van der Waals surface area contributed by atoms with Gasteiger partial charge >= 0.3 is 0 Å². The summed E-state index contributed by atoms with van der Waals surface area (Å²) in [6, 6.07) is 6.33. The highest BCUT2D eigenvalue weighted by molar-refractivity contribution is 9.10. The van der Waals surface area contributed by atoms with Crippen LogP contribution in [0.4, 0.5) is 15.8 Å². The molecule has 0 radical (unpaired) electrons. The van der Waals surface area contributed by atoms with Crippen molar-refractivity contribution in [2.45, 2.75) is 11.3 Å². The number of hydrogen-bond acceptors (Lipinski definition) is 3. The minimum atomic E-state index is -3.99. The van der Waals surface area contributed by atoms with Crippen molar-refractivity contribution in [1.82, 2.24) is 0 Å². The number of rotatable bonds is 3. The molecule has 0 saturated carbocycles. The van der Waals surface area contributed by atoms with Gasteiger partial charge in [-0.05, 0) is 51.8 Å². The first-order valence-electron chi connectivity index (χ1n) is 6.36. The fourth-order valence-corrected chi connectivity index (χ4v) is 4.44. The number of halogens is 3. The predicted molar refractivity (Wildman–Crippen MR) is 88.7 cm³/mol. The summed E-state index contributed by atoms with van der Waals surface area (Å²) in [5.41, 5.74) is 1.23. The maximum atomic E-state index is 13.1. The molecule has 0 atom stereocenters. The molecule has 0 aromatic heterocycles. The number of carbonyl (C=O) groups excluding carboxylic acids is 1. The Kier molecular flexibility index (Phi) is 4.07. The van der Waals surface area contributed by atoms with Crippen LogP contribution in [0.2, 0.25) is 5.02 Å². The monoisotopic (exact) mass is 418 g/mol. The number of benzene rings is 2. The second-order valence-electron chi connectivity index (χ2n) is 4.89. The summed E-state index contributed by atoms with van der Waals surface area (Å²) >= 11 is 9.12. The molecule has 0 fully saturated rings. The van der Waals surface area contributed by atoms with Crippen molar-refractivity contribution in [2.24, 2.45) is 0 Å². The Bertz CT molecular complexity index is 934. The van der Waals surface area contributed by atoms with Crippen molar-refractivity contribution in [3.8, 4) is 0 Å². The normalized spacial score (nSPS) is 13.6. The summed E-state index contributed by atoms with van der Waals surface area (Å²) in [5.74, 6) is -0.722. The van der Waals surface area contributed by atoms with Crippen LogP contribution in [0.25, 0.3) is 0 Å². The molecule has 0 spiro atoms. The number of hydrogen-bond donors (Lipinski definition) is 2. The Morgan fingerprint density at radius 1 is 1.26 bits per heavy atom. The number of fused-ring (bicyclic) bond motifs is 1. The summed E-state index contributed by atoms with van der Waals surface area (Å²) in [6.07, 6.45) is 0.0925. The molecule has 1 heterocycles. The Balaban J connectivity index is 2.00. The van der Waals surface area contributed by atoms with E-state index in [1.807, 2.05) is 0 Å². The van der Waals surface area contributed by atoms with Gasteiger partial charge in [0.1, 0.15) is 10.7 Å². The molecule has 9 heteroatoms. The minimum Gasteiger partial charge on any atom is -0.325 e. The Labute approximate surface area is 145 Å². The molecule has 0 bridgehead atoms. The van der Waals surface area contributed by atoms with Crippen molar-refractivity contribution in [3.63, 3.8) is 0 Å². The maximum Gasteiger partial charge on any atom is 0.263 e. The lowest BCUT2D eigenvalue weighted by atomic mass is 10.2. The summed E-state index contributed by atoms with van der Waals surface area (Å²) in [5, 5.41) is 2.58. The van der Waals surface area contributed by atoms with E-state index in [4.69, 9.17) is 11.6 Å². The number of carbonyl (C=O) groups is 1. The Hall–Kier alpha value is -1.64. The van der Waals surface area contributed by atoms with Gasteiger partial charge < -0.3 is 5.32 Å². The van der Waals surface area contributed by atoms with Gasteiger partial charge in [0.15, 0.2) is 0 Å². The van der Waals surface area contributed by atoms with Gasteiger partial charge in [-0.1, -0.05) is 11.6 Å². The van der Waals surface area contributed by atoms with Crippen LogP contribution in [0, 0.1) is 5.82 Å². The predicted octanol–water partition coefficient (Wildman–Crippen LogP) is 3.54. The van der Waals surface area contributed by atoms with Gasteiger partial charge in [0, 0.05) is 10.2 Å². The molecule has 3 rings (SSSR count). The molecule has 0 saturated heterocycles. The van der Waals surface area contributed by atoms with E-state index in [2.05, 4.69) is 26.0 Å². The molecule has 1 aliphatic rings.